The summed E-state index contributed by atoms with van der Waals surface area (Å²) < 4.78 is 35.4. The third kappa shape index (κ3) is 5.77. The molecule has 6 rings (SSSR count). The third-order valence-corrected chi connectivity index (χ3v) is 12.9. The van der Waals surface area contributed by atoms with E-state index in [-0.39, 0.29) is 41.8 Å². The summed E-state index contributed by atoms with van der Waals surface area (Å²) in [6, 6.07) is 11.3. The number of hydrogen-bond acceptors (Lipinski definition) is 7. The molecule has 2 bridgehead atoms. The first-order valence-electron chi connectivity index (χ1n) is 15.8. The fourth-order valence-electron chi connectivity index (χ4n) is 7.82. The Morgan fingerprint density at radius 3 is 2.73 bits per heavy atom. The summed E-state index contributed by atoms with van der Waals surface area (Å²) >= 11 is 6.40. The van der Waals surface area contributed by atoms with E-state index in [2.05, 4.69) is 21.8 Å². The molecule has 0 saturated heterocycles. The molecular formula is C34H43ClN2O6S. The molecule has 2 aliphatic carbocycles. The van der Waals surface area contributed by atoms with E-state index in [1.54, 1.807) is 31.2 Å². The molecule has 1 saturated carbocycles. The molecule has 10 heteroatoms. The largest absolute Gasteiger partial charge is 0.490 e. The van der Waals surface area contributed by atoms with Crippen LogP contribution >= 0.6 is 11.6 Å². The first-order valence-corrected chi connectivity index (χ1v) is 17.7. The van der Waals surface area contributed by atoms with E-state index in [1.165, 1.54) is 11.1 Å². The number of fused-ring (bicyclic) bond motifs is 4. The maximum Gasteiger partial charge on any atom is 0.264 e. The average molecular weight is 643 g/mol. The lowest BCUT2D eigenvalue weighted by Crippen LogP contribution is -2.52. The minimum atomic E-state index is -3.98. The lowest BCUT2D eigenvalue weighted by Gasteiger charge is -2.49. The smallest absolute Gasteiger partial charge is 0.264 e. The van der Waals surface area contributed by atoms with Crippen LogP contribution in [0.5, 0.6) is 5.75 Å². The predicted molar refractivity (Wildman–Crippen MR) is 172 cm³/mol. The number of allylic oxidation sites excluding steroid dienone is 1. The van der Waals surface area contributed by atoms with Gasteiger partial charge in [-0.2, -0.15) is 0 Å². The number of halogens is 1. The Bertz CT molecular complexity index is 1560. The van der Waals surface area contributed by atoms with Gasteiger partial charge in [-0.05, 0) is 105 Å². The van der Waals surface area contributed by atoms with Crippen molar-refractivity contribution >= 4 is 33.2 Å². The number of nitrogens with one attached hydrogen (secondary N) is 1. The van der Waals surface area contributed by atoms with Crippen LogP contribution in [0.2, 0.25) is 5.02 Å². The van der Waals surface area contributed by atoms with Gasteiger partial charge in [0.1, 0.15) is 5.75 Å². The van der Waals surface area contributed by atoms with E-state index in [4.69, 9.17) is 16.3 Å². The summed E-state index contributed by atoms with van der Waals surface area (Å²) in [7, 11) is -3.98. The molecule has 0 radical (unpaired) electrons. The number of aliphatic hydroxyl groups excluding tert-OH is 1. The van der Waals surface area contributed by atoms with Crippen LogP contribution in [0, 0.1) is 17.8 Å². The molecule has 0 unspecified atom stereocenters. The van der Waals surface area contributed by atoms with Crippen LogP contribution in [0.3, 0.4) is 0 Å². The maximum absolute atomic E-state index is 13.4. The molecule has 238 valence electrons. The van der Waals surface area contributed by atoms with Gasteiger partial charge < -0.3 is 19.8 Å². The number of ether oxygens (including phenoxy) is 1. The second-order valence-electron chi connectivity index (χ2n) is 13.5. The van der Waals surface area contributed by atoms with Crippen molar-refractivity contribution in [1.29, 1.82) is 0 Å². The molecule has 1 fully saturated rings. The first-order chi connectivity index (χ1) is 20.9. The quantitative estimate of drug-likeness (QED) is 0.395. The monoisotopic (exact) mass is 642 g/mol. The molecule has 6 atom stereocenters. The number of amides is 1. The van der Waals surface area contributed by atoms with Crippen LogP contribution in [0.1, 0.15) is 73.9 Å². The summed E-state index contributed by atoms with van der Waals surface area (Å²) in [5.41, 5.74) is 1.94. The number of aliphatic hydroxyl groups is 2. The van der Waals surface area contributed by atoms with Crippen molar-refractivity contribution in [3.8, 4) is 5.75 Å². The van der Waals surface area contributed by atoms with Gasteiger partial charge in [0.2, 0.25) is 10.0 Å². The van der Waals surface area contributed by atoms with Gasteiger partial charge in [0.05, 0.1) is 23.1 Å². The van der Waals surface area contributed by atoms with Crippen LogP contribution in [0.25, 0.3) is 0 Å². The molecule has 2 aliphatic heterocycles. The Hall–Kier alpha value is -2.59. The predicted octanol–water partition coefficient (Wildman–Crippen LogP) is 5.00. The van der Waals surface area contributed by atoms with E-state index in [9.17, 15) is 23.4 Å². The number of anilines is 1. The van der Waals surface area contributed by atoms with E-state index in [0.717, 1.165) is 37.8 Å². The van der Waals surface area contributed by atoms with Crippen LogP contribution in [-0.4, -0.2) is 61.7 Å². The molecular weight excluding hydrogens is 600 g/mol. The second-order valence-corrected chi connectivity index (χ2v) is 16.0. The van der Waals surface area contributed by atoms with Gasteiger partial charge >= 0.3 is 0 Å². The van der Waals surface area contributed by atoms with Gasteiger partial charge in [0.15, 0.2) is 0 Å². The van der Waals surface area contributed by atoms with E-state index < -0.39 is 26.8 Å². The van der Waals surface area contributed by atoms with Gasteiger partial charge in [-0.3, -0.25) is 4.79 Å². The number of carbonyl (C=O) groups is 1. The average Bonchev–Trinajstić information content (AvgIpc) is 3.11. The number of sulfonamides is 1. The summed E-state index contributed by atoms with van der Waals surface area (Å²) in [6.45, 7) is 5.01. The number of hydrogen-bond donors (Lipinski definition) is 3. The van der Waals surface area contributed by atoms with E-state index in [1.807, 2.05) is 19.1 Å². The number of nitrogens with zero attached hydrogens (tertiary/aromatic N) is 1. The van der Waals surface area contributed by atoms with Crippen molar-refractivity contribution in [2.75, 3.05) is 31.2 Å². The Kier molecular flexibility index (Phi) is 8.54. The van der Waals surface area contributed by atoms with Crippen LogP contribution in [0.15, 0.2) is 48.6 Å². The molecule has 2 heterocycles. The number of aryl methyl sites for hydroxylation is 1. The zero-order valence-corrected chi connectivity index (χ0v) is 27.0. The summed E-state index contributed by atoms with van der Waals surface area (Å²) in [4.78, 5) is 15.7. The molecule has 4 aliphatic rings. The summed E-state index contributed by atoms with van der Waals surface area (Å²) in [6.07, 6.45) is 8.89. The fourth-order valence-corrected chi connectivity index (χ4v) is 9.30. The Balaban J connectivity index is 1.45. The molecule has 0 aromatic heterocycles. The Morgan fingerprint density at radius 2 is 1.98 bits per heavy atom. The van der Waals surface area contributed by atoms with Crippen molar-refractivity contribution in [3.05, 3.63) is 70.3 Å². The lowest BCUT2D eigenvalue weighted by molar-refractivity contribution is -0.0583. The zero-order chi connectivity index (χ0) is 31.3. The molecule has 2 aromatic rings. The lowest BCUT2D eigenvalue weighted by atomic mass is 9.63. The second kappa shape index (κ2) is 12.0. The Morgan fingerprint density at radius 1 is 1.16 bits per heavy atom. The zero-order valence-electron chi connectivity index (χ0n) is 25.5. The van der Waals surface area contributed by atoms with Crippen LogP contribution < -0.4 is 14.4 Å². The third-order valence-electron chi connectivity index (χ3n) is 10.8. The number of carbonyl (C=O) groups excluding carboxylic acids is 1. The highest BCUT2D eigenvalue weighted by Crippen LogP contribution is 2.49. The number of benzene rings is 2. The molecule has 8 nitrogen and oxygen atoms in total. The highest BCUT2D eigenvalue weighted by molar-refractivity contribution is 7.90. The van der Waals surface area contributed by atoms with Crippen molar-refractivity contribution in [2.24, 2.45) is 17.8 Å². The molecule has 3 N–H and O–H groups in total. The van der Waals surface area contributed by atoms with Gasteiger partial charge in [-0.1, -0.05) is 36.7 Å². The highest BCUT2D eigenvalue weighted by atomic mass is 35.5. The fraction of sp³-hybridized carbons (Fsp3) is 0.559. The standard InChI is InChI=1S/C34H43ClN2O6S/c1-22-5-3-14-34(40,15-16-38)29-10-7-26(29)19-37-20-33(13-4-6-24-17-27(35)9-11-28(24)33)21-43-31-12-8-25(18-30(31)37)32(39)36-44(41,42)23(22)2/h3,8-9,11-12,14,17-18,22-23,26,29,38,40H,4-7,10,13,15-16,19-21H2,1-2H3,(H,36,39)/b14-3+/t22-,23+,26-,29+,33-,34-/m0/s1. The minimum absolute atomic E-state index is 0.0669. The topological polar surface area (TPSA) is 116 Å². The van der Waals surface area contributed by atoms with Crippen LogP contribution in [0.4, 0.5) is 5.69 Å². The Labute approximate surface area is 265 Å². The summed E-state index contributed by atoms with van der Waals surface area (Å²) in [5, 5.41) is 21.7. The maximum atomic E-state index is 13.4. The van der Waals surface area contributed by atoms with Crippen LogP contribution in [-0.2, 0) is 21.9 Å². The van der Waals surface area contributed by atoms with Gasteiger partial charge in [-0.25, -0.2) is 13.1 Å². The van der Waals surface area contributed by atoms with Crippen molar-refractivity contribution in [1.82, 2.24) is 4.72 Å². The first kappa shape index (κ1) is 31.4. The van der Waals surface area contributed by atoms with Crippen molar-refractivity contribution in [3.63, 3.8) is 0 Å². The number of rotatable bonds is 2. The normalized spacial score (nSPS) is 34.0. The molecule has 1 amide bonds. The van der Waals surface area contributed by atoms with E-state index >= 15 is 0 Å². The molecule has 2 aromatic carbocycles. The van der Waals surface area contributed by atoms with Gasteiger partial charge in [0, 0.05) is 42.1 Å². The highest BCUT2D eigenvalue weighted by Gasteiger charge is 2.48. The van der Waals surface area contributed by atoms with Crippen molar-refractivity contribution in [2.45, 2.75) is 75.1 Å². The molecule has 44 heavy (non-hydrogen) atoms. The SMILES string of the molecule is C[C@@H]1[C@@H](C)C/C=C/[C@](O)(CCO)[C@@H]2CC[C@H]2CN2C[C@@]3(CCCc4cc(Cl)ccc43)COc3ccc(cc32)C(=O)NS1(=O)=O. The molecule has 1 spiro atoms. The van der Waals surface area contributed by atoms with Crippen molar-refractivity contribution < 1.29 is 28.2 Å². The summed E-state index contributed by atoms with van der Waals surface area (Å²) in [5.74, 6) is -0.241. The van der Waals surface area contributed by atoms with E-state index in [0.29, 0.717) is 36.9 Å². The minimum Gasteiger partial charge on any atom is -0.490 e. The van der Waals surface area contributed by atoms with Gasteiger partial charge in [-0.15, -0.1) is 0 Å². The van der Waals surface area contributed by atoms with Gasteiger partial charge in [0.25, 0.3) is 5.91 Å².